The molecule has 0 aromatic carbocycles. The summed E-state index contributed by atoms with van der Waals surface area (Å²) in [4.78, 5) is 40.8. The highest BCUT2D eigenvalue weighted by Gasteiger charge is 2.27. The van der Waals surface area contributed by atoms with E-state index in [0.29, 0.717) is 37.4 Å². The first-order chi connectivity index (χ1) is 13.1. The standard InChI is InChI=1S/C19H23N5O3/c1-2-21-8-5-14(11-17(21)25)18(26)23-9-10-24-15(13-23)12-16(20-24)19(27)22-6-3-4-7-22/h5,8,11-12H,2-4,6-7,9-10,13H2,1H3. The number of rotatable bonds is 3. The van der Waals surface area contributed by atoms with Gasteiger partial charge in [-0.15, -0.1) is 0 Å². The summed E-state index contributed by atoms with van der Waals surface area (Å²) in [6, 6.07) is 4.86. The maximum Gasteiger partial charge on any atom is 0.274 e. The van der Waals surface area contributed by atoms with Crippen LogP contribution in [-0.4, -0.2) is 55.6 Å². The second-order valence-electron chi connectivity index (χ2n) is 7.01. The molecule has 0 saturated carbocycles. The predicted molar refractivity (Wildman–Crippen MR) is 98.5 cm³/mol. The Bertz CT molecular complexity index is 939. The van der Waals surface area contributed by atoms with Gasteiger partial charge in [-0.25, -0.2) is 0 Å². The Labute approximate surface area is 157 Å². The molecular weight excluding hydrogens is 346 g/mol. The van der Waals surface area contributed by atoms with Crippen LogP contribution in [0, 0.1) is 0 Å². The summed E-state index contributed by atoms with van der Waals surface area (Å²) < 4.78 is 3.36. The number of carbonyl (C=O) groups is 2. The third-order valence-electron chi connectivity index (χ3n) is 5.28. The molecule has 2 amide bonds. The number of aryl methyl sites for hydroxylation is 1. The molecule has 27 heavy (non-hydrogen) atoms. The molecule has 0 unspecified atom stereocenters. The number of likely N-dealkylation sites (tertiary alicyclic amines) is 1. The van der Waals surface area contributed by atoms with Gasteiger partial charge in [-0.1, -0.05) is 0 Å². The lowest BCUT2D eigenvalue weighted by Gasteiger charge is -2.27. The molecule has 142 valence electrons. The van der Waals surface area contributed by atoms with Crippen LogP contribution in [0.4, 0.5) is 0 Å². The highest BCUT2D eigenvalue weighted by Crippen LogP contribution is 2.18. The second kappa shape index (κ2) is 7.02. The van der Waals surface area contributed by atoms with Crippen molar-refractivity contribution in [3.63, 3.8) is 0 Å². The number of hydrogen-bond donors (Lipinski definition) is 0. The van der Waals surface area contributed by atoms with E-state index in [4.69, 9.17) is 0 Å². The number of amides is 2. The fraction of sp³-hybridized carbons (Fsp3) is 0.474. The molecule has 1 saturated heterocycles. The molecule has 1 fully saturated rings. The minimum Gasteiger partial charge on any atom is -0.337 e. The smallest absolute Gasteiger partial charge is 0.274 e. The summed E-state index contributed by atoms with van der Waals surface area (Å²) in [5.41, 5.74) is 1.51. The zero-order chi connectivity index (χ0) is 19.0. The van der Waals surface area contributed by atoms with Crippen LogP contribution in [0.15, 0.2) is 29.2 Å². The van der Waals surface area contributed by atoms with Crippen molar-refractivity contribution < 1.29 is 9.59 Å². The third-order valence-corrected chi connectivity index (χ3v) is 5.28. The fourth-order valence-corrected chi connectivity index (χ4v) is 3.71. The van der Waals surface area contributed by atoms with Crippen LogP contribution in [-0.2, 0) is 19.6 Å². The van der Waals surface area contributed by atoms with E-state index in [0.717, 1.165) is 31.6 Å². The zero-order valence-electron chi connectivity index (χ0n) is 15.4. The molecule has 8 nitrogen and oxygen atoms in total. The van der Waals surface area contributed by atoms with Crippen molar-refractivity contribution in [3.05, 3.63) is 51.7 Å². The van der Waals surface area contributed by atoms with Gasteiger partial charge in [0.1, 0.15) is 0 Å². The van der Waals surface area contributed by atoms with Gasteiger partial charge in [0.25, 0.3) is 17.4 Å². The highest BCUT2D eigenvalue weighted by atomic mass is 16.2. The summed E-state index contributed by atoms with van der Waals surface area (Å²) in [5.74, 6) is -0.203. The average molecular weight is 369 g/mol. The Morgan fingerprint density at radius 1 is 1.04 bits per heavy atom. The van der Waals surface area contributed by atoms with Crippen LogP contribution in [0.2, 0.25) is 0 Å². The number of pyridine rings is 1. The molecule has 0 aliphatic carbocycles. The van der Waals surface area contributed by atoms with Crippen molar-refractivity contribution in [3.8, 4) is 0 Å². The van der Waals surface area contributed by atoms with Gasteiger partial charge in [0.2, 0.25) is 0 Å². The molecule has 2 aliphatic rings. The molecule has 0 radical (unpaired) electrons. The van der Waals surface area contributed by atoms with E-state index >= 15 is 0 Å². The van der Waals surface area contributed by atoms with E-state index in [2.05, 4.69) is 5.10 Å². The van der Waals surface area contributed by atoms with Crippen molar-refractivity contribution in [2.45, 2.75) is 39.4 Å². The summed E-state index contributed by atoms with van der Waals surface area (Å²) in [6.45, 7) is 5.46. The van der Waals surface area contributed by atoms with E-state index in [-0.39, 0.29) is 17.4 Å². The Balaban J connectivity index is 1.51. The van der Waals surface area contributed by atoms with Crippen molar-refractivity contribution >= 4 is 11.8 Å². The van der Waals surface area contributed by atoms with Gasteiger partial charge in [-0.05, 0) is 31.9 Å². The summed E-state index contributed by atoms with van der Waals surface area (Å²) in [7, 11) is 0. The van der Waals surface area contributed by atoms with Gasteiger partial charge in [-0.3, -0.25) is 19.1 Å². The fourth-order valence-electron chi connectivity index (χ4n) is 3.71. The van der Waals surface area contributed by atoms with E-state index in [1.54, 1.807) is 27.8 Å². The maximum absolute atomic E-state index is 12.8. The first-order valence-corrected chi connectivity index (χ1v) is 9.42. The maximum atomic E-state index is 12.8. The molecule has 4 heterocycles. The molecule has 0 bridgehead atoms. The number of carbonyl (C=O) groups excluding carboxylic acids is 2. The van der Waals surface area contributed by atoms with Crippen molar-refractivity contribution in [2.24, 2.45) is 0 Å². The van der Waals surface area contributed by atoms with E-state index in [1.165, 1.54) is 6.07 Å². The second-order valence-corrected chi connectivity index (χ2v) is 7.01. The van der Waals surface area contributed by atoms with E-state index in [1.807, 2.05) is 16.5 Å². The van der Waals surface area contributed by atoms with Crippen LogP contribution < -0.4 is 5.56 Å². The first-order valence-electron chi connectivity index (χ1n) is 9.42. The molecule has 2 aliphatic heterocycles. The van der Waals surface area contributed by atoms with Crippen LogP contribution >= 0.6 is 0 Å². The third kappa shape index (κ3) is 3.27. The molecular formula is C19H23N5O3. The first kappa shape index (κ1) is 17.5. The summed E-state index contributed by atoms with van der Waals surface area (Å²) >= 11 is 0. The minimum atomic E-state index is -0.177. The summed E-state index contributed by atoms with van der Waals surface area (Å²) in [6.07, 6.45) is 3.73. The lowest BCUT2D eigenvalue weighted by atomic mass is 10.2. The van der Waals surface area contributed by atoms with Gasteiger partial charge < -0.3 is 14.4 Å². The number of fused-ring (bicyclic) bond motifs is 1. The molecule has 0 spiro atoms. The Hall–Kier alpha value is -2.90. The van der Waals surface area contributed by atoms with Gasteiger partial charge in [0.05, 0.1) is 18.8 Å². The van der Waals surface area contributed by atoms with Crippen molar-refractivity contribution in [2.75, 3.05) is 19.6 Å². The number of hydrogen-bond acceptors (Lipinski definition) is 4. The van der Waals surface area contributed by atoms with Crippen molar-refractivity contribution in [1.29, 1.82) is 0 Å². The largest absolute Gasteiger partial charge is 0.337 e. The molecule has 0 N–H and O–H groups in total. The van der Waals surface area contributed by atoms with Gasteiger partial charge in [-0.2, -0.15) is 5.10 Å². The Morgan fingerprint density at radius 3 is 2.52 bits per heavy atom. The Morgan fingerprint density at radius 2 is 1.81 bits per heavy atom. The minimum absolute atomic E-state index is 0.0320. The summed E-state index contributed by atoms with van der Waals surface area (Å²) in [5, 5.41) is 4.43. The monoisotopic (exact) mass is 369 g/mol. The van der Waals surface area contributed by atoms with Crippen LogP contribution in [0.5, 0.6) is 0 Å². The zero-order valence-corrected chi connectivity index (χ0v) is 15.4. The van der Waals surface area contributed by atoms with E-state index < -0.39 is 0 Å². The van der Waals surface area contributed by atoms with Crippen LogP contribution in [0.1, 0.15) is 46.3 Å². The molecule has 2 aromatic heterocycles. The molecule has 8 heteroatoms. The number of nitrogens with zero attached hydrogens (tertiary/aromatic N) is 5. The lowest BCUT2D eigenvalue weighted by Crippen LogP contribution is -2.39. The molecule has 0 atom stereocenters. The van der Waals surface area contributed by atoms with Crippen LogP contribution in [0.3, 0.4) is 0 Å². The highest BCUT2D eigenvalue weighted by molar-refractivity contribution is 5.94. The molecule has 4 rings (SSSR count). The lowest BCUT2D eigenvalue weighted by molar-refractivity contribution is 0.0703. The van der Waals surface area contributed by atoms with Crippen molar-refractivity contribution in [1.82, 2.24) is 24.1 Å². The average Bonchev–Trinajstić information content (AvgIpc) is 3.35. The van der Waals surface area contributed by atoms with E-state index in [9.17, 15) is 14.4 Å². The quantitative estimate of drug-likeness (QED) is 0.807. The topological polar surface area (TPSA) is 80.4 Å². The van der Waals surface area contributed by atoms with Gasteiger partial charge >= 0.3 is 0 Å². The predicted octanol–water partition coefficient (Wildman–Crippen LogP) is 0.957. The SMILES string of the molecule is CCn1ccc(C(=O)N2CCn3nc(C(=O)N4CCCC4)cc3C2)cc1=O. The van der Waals surface area contributed by atoms with Gasteiger partial charge in [0, 0.05) is 44.0 Å². The number of aromatic nitrogens is 3. The molecule has 2 aromatic rings. The normalized spacial score (nSPS) is 16.5. The van der Waals surface area contributed by atoms with Crippen LogP contribution in [0.25, 0.3) is 0 Å². The Kier molecular flexibility index (Phi) is 4.55. The van der Waals surface area contributed by atoms with Gasteiger partial charge in [0.15, 0.2) is 5.69 Å².